The molecule has 0 amide bonds. The van der Waals surface area contributed by atoms with Crippen LogP contribution in [-0.4, -0.2) is 24.4 Å². The van der Waals surface area contributed by atoms with Crippen molar-refractivity contribution in [3.8, 4) is 5.69 Å². The molecule has 0 aliphatic carbocycles. The van der Waals surface area contributed by atoms with E-state index in [9.17, 15) is 9.90 Å². The smallest absolute Gasteiger partial charge is 0.276 e. The molecule has 3 aromatic heterocycles. The molecule has 1 aliphatic heterocycles. The normalized spacial score (nSPS) is 13.5. The summed E-state index contributed by atoms with van der Waals surface area (Å²) in [5, 5.41) is 17.7. The Hall–Kier alpha value is -3.49. The Bertz CT molecular complexity index is 1380. The number of benzene rings is 1. The second kappa shape index (κ2) is 7.58. The van der Waals surface area contributed by atoms with E-state index in [4.69, 9.17) is 0 Å². The number of nitrogens with zero attached hydrogens (tertiary/aromatic N) is 4. The minimum atomic E-state index is -1.09. The van der Waals surface area contributed by atoms with E-state index in [0.29, 0.717) is 23.4 Å². The summed E-state index contributed by atoms with van der Waals surface area (Å²) in [4.78, 5) is 21.8. The summed E-state index contributed by atoms with van der Waals surface area (Å²) < 4.78 is 3.54. The lowest BCUT2D eigenvalue weighted by molar-refractivity contribution is 0.0738. The number of aromatic nitrogens is 4. The van der Waals surface area contributed by atoms with Gasteiger partial charge in [-0.15, -0.1) is 0 Å². The third kappa shape index (κ3) is 3.47. The van der Waals surface area contributed by atoms with E-state index in [1.165, 1.54) is 11.1 Å². The molecule has 32 heavy (non-hydrogen) atoms. The molecule has 164 valence electrons. The molecule has 0 radical (unpaired) electrons. The van der Waals surface area contributed by atoms with Gasteiger partial charge in [0.25, 0.3) is 5.56 Å². The summed E-state index contributed by atoms with van der Waals surface area (Å²) in [5.74, 6) is 0.655. The molecular weight excluding hydrogens is 404 g/mol. The van der Waals surface area contributed by atoms with Crippen molar-refractivity contribution in [2.75, 3.05) is 5.32 Å². The fourth-order valence-electron chi connectivity index (χ4n) is 4.18. The second-order valence-electron chi connectivity index (χ2n) is 8.59. The first-order valence-electron chi connectivity index (χ1n) is 10.8. The molecule has 0 unspecified atom stereocenters. The summed E-state index contributed by atoms with van der Waals surface area (Å²) in [6.45, 7) is 7.57. The molecule has 5 rings (SSSR count). The van der Waals surface area contributed by atoms with Crippen LogP contribution in [0.5, 0.6) is 0 Å². The first kappa shape index (κ1) is 20.4. The zero-order chi connectivity index (χ0) is 22.5. The van der Waals surface area contributed by atoms with Crippen molar-refractivity contribution in [2.24, 2.45) is 0 Å². The van der Waals surface area contributed by atoms with Gasteiger partial charge in [0.2, 0.25) is 0 Å². The Balaban J connectivity index is 1.62. The third-order valence-corrected chi connectivity index (χ3v) is 5.84. The number of hydrogen-bond donors (Lipinski definition) is 3. The predicted octanol–water partition coefficient (Wildman–Crippen LogP) is 3.18. The van der Waals surface area contributed by atoms with Crippen LogP contribution in [0, 0.1) is 0 Å². The quantitative estimate of drug-likeness (QED) is 0.450. The Morgan fingerprint density at radius 2 is 1.94 bits per heavy atom. The van der Waals surface area contributed by atoms with Gasteiger partial charge in [0, 0.05) is 43.8 Å². The van der Waals surface area contributed by atoms with E-state index in [2.05, 4.69) is 32.7 Å². The van der Waals surface area contributed by atoms with Gasteiger partial charge in [0.05, 0.1) is 22.3 Å². The first-order chi connectivity index (χ1) is 15.3. The maximum atomic E-state index is 13.0. The molecule has 0 bridgehead atoms. The fourth-order valence-corrected chi connectivity index (χ4v) is 4.18. The van der Waals surface area contributed by atoms with Gasteiger partial charge in [-0.2, -0.15) is 0 Å². The fraction of sp³-hybridized carbons (Fsp3) is 0.292. The Labute approximate surface area is 185 Å². The van der Waals surface area contributed by atoms with Crippen molar-refractivity contribution >= 4 is 22.4 Å². The minimum Gasteiger partial charge on any atom is -0.384 e. The number of aliphatic hydroxyl groups is 1. The molecule has 4 heterocycles. The van der Waals surface area contributed by atoms with E-state index in [0.717, 1.165) is 30.0 Å². The molecule has 0 saturated heterocycles. The number of fused-ring (bicyclic) bond motifs is 2. The lowest BCUT2D eigenvalue weighted by Crippen LogP contribution is -2.22. The van der Waals surface area contributed by atoms with E-state index >= 15 is 0 Å². The highest BCUT2D eigenvalue weighted by Gasteiger charge is 2.21. The molecule has 3 N–H and O–H groups in total. The highest BCUT2D eigenvalue weighted by atomic mass is 16.3. The number of rotatable bonds is 5. The van der Waals surface area contributed by atoms with Gasteiger partial charge in [-0.3, -0.25) is 9.78 Å². The summed E-state index contributed by atoms with van der Waals surface area (Å²) in [6.07, 6.45) is 3.27. The van der Waals surface area contributed by atoms with Crippen LogP contribution in [0.4, 0.5) is 11.5 Å². The van der Waals surface area contributed by atoms with Crippen molar-refractivity contribution < 1.29 is 5.11 Å². The Kier molecular flexibility index (Phi) is 4.83. The van der Waals surface area contributed by atoms with E-state index in [-0.39, 0.29) is 5.56 Å². The summed E-state index contributed by atoms with van der Waals surface area (Å²) in [6, 6.07) is 11.8. The van der Waals surface area contributed by atoms with Crippen LogP contribution in [0.15, 0.2) is 53.6 Å². The number of nitrogens with one attached hydrogen (secondary N) is 2. The van der Waals surface area contributed by atoms with E-state index in [1.807, 2.05) is 35.9 Å². The summed E-state index contributed by atoms with van der Waals surface area (Å²) >= 11 is 0. The average molecular weight is 431 g/mol. The molecule has 0 spiro atoms. The van der Waals surface area contributed by atoms with Crippen LogP contribution >= 0.6 is 0 Å². The lowest BCUT2D eigenvalue weighted by atomic mass is 10.0. The van der Waals surface area contributed by atoms with Crippen LogP contribution in [0.3, 0.4) is 0 Å². The van der Waals surface area contributed by atoms with Gasteiger partial charge >= 0.3 is 0 Å². The van der Waals surface area contributed by atoms with Gasteiger partial charge in [-0.05, 0) is 56.2 Å². The van der Waals surface area contributed by atoms with Crippen molar-refractivity contribution in [1.82, 2.24) is 24.6 Å². The Morgan fingerprint density at radius 3 is 2.72 bits per heavy atom. The number of pyridine rings is 2. The first-order valence-corrected chi connectivity index (χ1v) is 10.8. The van der Waals surface area contributed by atoms with Crippen molar-refractivity contribution in [2.45, 2.75) is 46.0 Å². The Morgan fingerprint density at radius 1 is 1.12 bits per heavy atom. The maximum Gasteiger partial charge on any atom is 0.276 e. The van der Waals surface area contributed by atoms with Gasteiger partial charge in [0.1, 0.15) is 11.4 Å². The second-order valence-corrected chi connectivity index (χ2v) is 8.59. The predicted molar refractivity (Wildman–Crippen MR) is 124 cm³/mol. The number of hydrogen-bond acceptors (Lipinski definition) is 6. The van der Waals surface area contributed by atoms with Crippen molar-refractivity contribution in [1.29, 1.82) is 0 Å². The molecule has 0 atom stereocenters. The van der Waals surface area contributed by atoms with E-state index < -0.39 is 5.60 Å². The third-order valence-electron chi connectivity index (χ3n) is 5.84. The minimum absolute atomic E-state index is 0.105. The molecule has 0 saturated carbocycles. The van der Waals surface area contributed by atoms with Crippen molar-refractivity contribution in [3.05, 3.63) is 76.0 Å². The molecule has 1 aromatic carbocycles. The van der Waals surface area contributed by atoms with Crippen LogP contribution in [0.2, 0.25) is 0 Å². The topological polar surface area (TPSA) is 97.0 Å². The van der Waals surface area contributed by atoms with Gasteiger partial charge in [-0.25, -0.2) is 14.3 Å². The summed E-state index contributed by atoms with van der Waals surface area (Å²) in [7, 11) is 0. The van der Waals surface area contributed by atoms with E-state index in [1.54, 1.807) is 30.9 Å². The van der Waals surface area contributed by atoms with Crippen LogP contribution in [0.1, 0.15) is 37.6 Å². The van der Waals surface area contributed by atoms with Gasteiger partial charge < -0.3 is 15.7 Å². The van der Waals surface area contributed by atoms with Gasteiger partial charge in [-0.1, -0.05) is 6.07 Å². The zero-order valence-electron chi connectivity index (χ0n) is 18.4. The lowest BCUT2D eigenvalue weighted by Gasteiger charge is -2.18. The maximum absolute atomic E-state index is 13.0. The van der Waals surface area contributed by atoms with Crippen LogP contribution < -0.4 is 16.2 Å². The van der Waals surface area contributed by atoms with Crippen LogP contribution in [0.25, 0.3) is 16.6 Å². The highest BCUT2D eigenvalue weighted by molar-refractivity contribution is 5.82. The zero-order valence-corrected chi connectivity index (χ0v) is 18.4. The van der Waals surface area contributed by atoms with Gasteiger partial charge in [0.15, 0.2) is 0 Å². The molecule has 0 fully saturated rings. The number of anilines is 2. The monoisotopic (exact) mass is 430 g/mol. The van der Waals surface area contributed by atoms with Crippen molar-refractivity contribution in [3.63, 3.8) is 0 Å². The SMILES string of the molecule is CCn1c(=O)c2cnc(Nc3ccc4c(c3)CNC4)cc2n1-c1ccnc(C(C)(C)O)c1. The molecule has 8 nitrogen and oxygen atoms in total. The largest absolute Gasteiger partial charge is 0.384 e. The molecule has 1 aliphatic rings. The standard InChI is InChI=1S/C24H26N6O2/c1-4-29-23(31)19-14-27-22(28-17-6-5-15-12-25-13-16(15)9-17)11-20(19)30(29)18-7-8-26-21(10-18)24(2,3)32/h5-11,14,25,32H,4,12-13H2,1-3H3,(H,27,28). The summed E-state index contributed by atoms with van der Waals surface area (Å²) in [5.41, 5.74) is 4.38. The molecule has 4 aromatic rings. The average Bonchev–Trinajstić information content (AvgIpc) is 3.34. The molecular formula is C24H26N6O2. The van der Waals surface area contributed by atoms with Crippen LogP contribution in [-0.2, 0) is 25.2 Å². The highest BCUT2D eigenvalue weighted by Crippen LogP contribution is 2.26. The molecule has 8 heteroatoms.